The first kappa shape index (κ1) is 22.2. The van der Waals surface area contributed by atoms with Crippen molar-refractivity contribution < 1.29 is 22.6 Å². The van der Waals surface area contributed by atoms with E-state index in [2.05, 4.69) is 9.62 Å². The third kappa shape index (κ3) is 4.76. The number of nitrogens with one attached hydrogen (secondary N) is 1. The van der Waals surface area contributed by atoms with Gasteiger partial charge in [0, 0.05) is 25.2 Å². The first-order chi connectivity index (χ1) is 15.5. The lowest BCUT2D eigenvalue weighted by Crippen LogP contribution is -2.36. The number of rotatable bonds is 8. The standard InChI is InChI=1S/C24H28N2O5S/c1-3-30-23-17-22(26-11-13-29-14-12-26)24(31-4-2)16-21(23)25-32(27,28)20-10-9-18-7-5-6-8-19(18)15-20/h5-10,15-17,25H,3-4,11-14H2,1-2H3. The maximum Gasteiger partial charge on any atom is 0.262 e. The van der Waals surface area contributed by atoms with Gasteiger partial charge in [-0.1, -0.05) is 30.3 Å². The number of benzene rings is 3. The minimum absolute atomic E-state index is 0.189. The molecule has 32 heavy (non-hydrogen) atoms. The van der Waals surface area contributed by atoms with Gasteiger partial charge in [-0.2, -0.15) is 0 Å². The molecule has 1 aliphatic rings. The van der Waals surface area contributed by atoms with Crippen molar-refractivity contribution in [2.75, 3.05) is 49.1 Å². The molecule has 8 heteroatoms. The molecule has 0 radical (unpaired) electrons. The van der Waals surface area contributed by atoms with Crippen molar-refractivity contribution in [1.29, 1.82) is 0 Å². The van der Waals surface area contributed by atoms with E-state index in [0.717, 1.165) is 29.5 Å². The topological polar surface area (TPSA) is 77.1 Å². The summed E-state index contributed by atoms with van der Waals surface area (Å²) in [6.07, 6.45) is 0. The predicted molar refractivity (Wildman–Crippen MR) is 127 cm³/mol. The number of morpholine rings is 1. The molecule has 0 atom stereocenters. The van der Waals surface area contributed by atoms with Crippen LogP contribution in [0.2, 0.25) is 0 Å². The fraction of sp³-hybridized carbons (Fsp3) is 0.333. The Morgan fingerprint density at radius 2 is 1.59 bits per heavy atom. The van der Waals surface area contributed by atoms with Crippen LogP contribution in [0.3, 0.4) is 0 Å². The molecule has 1 heterocycles. The Morgan fingerprint density at radius 3 is 2.31 bits per heavy atom. The average molecular weight is 457 g/mol. The molecule has 0 saturated carbocycles. The zero-order chi connectivity index (χ0) is 22.6. The Kier molecular flexibility index (Phi) is 6.72. The molecule has 0 aliphatic carbocycles. The quantitative estimate of drug-likeness (QED) is 0.545. The molecule has 7 nitrogen and oxygen atoms in total. The van der Waals surface area contributed by atoms with Gasteiger partial charge in [0.15, 0.2) is 0 Å². The SMILES string of the molecule is CCOc1cc(N2CCOCC2)c(OCC)cc1NS(=O)(=O)c1ccc2ccccc2c1. The second-order valence-corrected chi connectivity index (χ2v) is 9.08. The van der Waals surface area contributed by atoms with Crippen molar-refractivity contribution in [3.05, 3.63) is 54.6 Å². The molecule has 3 aromatic carbocycles. The van der Waals surface area contributed by atoms with E-state index in [4.69, 9.17) is 14.2 Å². The van der Waals surface area contributed by atoms with E-state index in [1.54, 1.807) is 24.3 Å². The maximum absolute atomic E-state index is 13.2. The normalized spacial score (nSPS) is 14.4. The first-order valence-electron chi connectivity index (χ1n) is 10.8. The molecule has 3 aromatic rings. The number of ether oxygens (including phenoxy) is 3. The number of hydrogen-bond donors (Lipinski definition) is 1. The molecule has 0 amide bonds. The smallest absolute Gasteiger partial charge is 0.262 e. The van der Waals surface area contributed by atoms with Crippen LogP contribution >= 0.6 is 0 Å². The van der Waals surface area contributed by atoms with Gasteiger partial charge in [-0.3, -0.25) is 4.72 Å². The molecule has 1 saturated heterocycles. The zero-order valence-electron chi connectivity index (χ0n) is 18.3. The van der Waals surface area contributed by atoms with Crippen LogP contribution in [-0.4, -0.2) is 47.9 Å². The number of anilines is 2. The van der Waals surface area contributed by atoms with Crippen molar-refractivity contribution in [1.82, 2.24) is 0 Å². The molecular weight excluding hydrogens is 428 g/mol. The fourth-order valence-electron chi connectivity index (χ4n) is 3.76. The fourth-order valence-corrected chi connectivity index (χ4v) is 4.86. The number of fused-ring (bicyclic) bond motifs is 1. The Balaban J connectivity index is 1.72. The summed E-state index contributed by atoms with van der Waals surface area (Å²) >= 11 is 0. The molecule has 0 bridgehead atoms. The van der Waals surface area contributed by atoms with Crippen LogP contribution in [0.4, 0.5) is 11.4 Å². The highest BCUT2D eigenvalue weighted by Crippen LogP contribution is 2.40. The first-order valence-corrected chi connectivity index (χ1v) is 12.3. The van der Waals surface area contributed by atoms with Crippen LogP contribution in [0.15, 0.2) is 59.5 Å². The molecule has 1 aliphatic heterocycles. The Bertz CT molecular complexity index is 1190. The Morgan fingerprint density at radius 1 is 0.906 bits per heavy atom. The van der Waals surface area contributed by atoms with Crippen LogP contribution in [0.1, 0.15) is 13.8 Å². The lowest BCUT2D eigenvalue weighted by molar-refractivity contribution is 0.122. The van der Waals surface area contributed by atoms with Crippen LogP contribution in [-0.2, 0) is 14.8 Å². The van der Waals surface area contributed by atoms with E-state index in [1.165, 1.54) is 0 Å². The van der Waals surface area contributed by atoms with E-state index >= 15 is 0 Å². The molecule has 0 aromatic heterocycles. The summed E-state index contributed by atoms with van der Waals surface area (Å²) in [6, 6.07) is 16.3. The van der Waals surface area contributed by atoms with Crippen molar-refractivity contribution in [3.8, 4) is 11.5 Å². The van der Waals surface area contributed by atoms with Crippen LogP contribution in [0.25, 0.3) is 10.8 Å². The van der Waals surface area contributed by atoms with E-state index in [0.29, 0.717) is 43.6 Å². The molecule has 0 unspecified atom stereocenters. The maximum atomic E-state index is 13.2. The number of sulfonamides is 1. The van der Waals surface area contributed by atoms with E-state index in [-0.39, 0.29) is 4.90 Å². The minimum atomic E-state index is -3.83. The van der Waals surface area contributed by atoms with Crippen molar-refractivity contribution >= 4 is 32.2 Å². The molecule has 4 rings (SSSR count). The highest BCUT2D eigenvalue weighted by Gasteiger charge is 2.23. The Labute approximate surface area is 188 Å². The third-order valence-corrected chi connectivity index (χ3v) is 6.65. The third-order valence-electron chi connectivity index (χ3n) is 5.29. The monoisotopic (exact) mass is 456 g/mol. The van der Waals surface area contributed by atoms with Gasteiger partial charge < -0.3 is 19.1 Å². The molecule has 1 N–H and O–H groups in total. The molecular formula is C24H28N2O5S. The summed E-state index contributed by atoms with van der Waals surface area (Å²) in [6.45, 7) is 7.35. The minimum Gasteiger partial charge on any atom is -0.492 e. The van der Waals surface area contributed by atoms with E-state index in [1.807, 2.05) is 44.2 Å². The highest BCUT2D eigenvalue weighted by atomic mass is 32.2. The lowest BCUT2D eigenvalue weighted by atomic mass is 10.1. The molecule has 1 fully saturated rings. The summed E-state index contributed by atoms with van der Waals surface area (Å²) in [4.78, 5) is 2.35. The summed E-state index contributed by atoms with van der Waals surface area (Å²) in [5.74, 6) is 1.07. The van der Waals surface area contributed by atoms with Gasteiger partial charge in [0.2, 0.25) is 0 Å². The highest BCUT2D eigenvalue weighted by molar-refractivity contribution is 7.92. The van der Waals surface area contributed by atoms with E-state index in [9.17, 15) is 8.42 Å². The van der Waals surface area contributed by atoms with Gasteiger partial charge in [0.25, 0.3) is 10.0 Å². The van der Waals surface area contributed by atoms with Gasteiger partial charge in [-0.15, -0.1) is 0 Å². The summed E-state index contributed by atoms with van der Waals surface area (Å²) in [7, 11) is -3.83. The second-order valence-electron chi connectivity index (χ2n) is 7.40. The second kappa shape index (κ2) is 9.67. The summed E-state index contributed by atoms with van der Waals surface area (Å²) in [5, 5.41) is 1.84. The van der Waals surface area contributed by atoms with Crippen molar-refractivity contribution in [3.63, 3.8) is 0 Å². The molecule has 170 valence electrons. The summed E-state index contributed by atoms with van der Waals surface area (Å²) in [5.41, 5.74) is 1.22. The molecule has 0 spiro atoms. The Hall–Kier alpha value is -2.97. The van der Waals surface area contributed by atoms with Crippen LogP contribution in [0.5, 0.6) is 11.5 Å². The van der Waals surface area contributed by atoms with Crippen molar-refractivity contribution in [2.24, 2.45) is 0 Å². The van der Waals surface area contributed by atoms with Gasteiger partial charge in [0.1, 0.15) is 11.5 Å². The number of hydrogen-bond acceptors (Lipinski definition) is 6. The van der Waals surface area contributed by atoms with Gasteiger partial charge in [0.05, 0.1) is 42.7 Å². The number of nitrogens with zero attached hydrogens (tertiary/aromatic N) is 1. The van der Waals surface area contributed by atoms with E-state index < -0.39 is 10.0 Å². The van der Waals surface area contributed by atoms with Gasteiger partial charge >= 0.3 is 0 Å². The summed E-state index contributed by atoms with van der Waals surface area (Å²) < 4.78 is 46.3. The van der Waals surface area contributed by atoms with Gasteiger partial charge in [-0.25, -0.2) is 8.42 Å². The lowest BCUT2D eigenvalue weighted by Gasteiger charge is -2.31. The van der Waals surface area contributed by atoms with Crippen molar-refractivity contribution in [2.45, 2.75) is 18.7 Å². The largest absolute Gasteiger partial charge is 0.492 e. The van der Waals surface area contributed by atoms with Gasteiger partial charge in [-0.05, 0) is 36.8 Å². The van der Waals surface area contributed by atoms with Crippen LogP contribution in [0, 0.1) is 0 Å². The predicted octanol–water partition coefficient (Wildman–Crippen LogP) is 4.27. The van der Waals surface area contributed by atoms with Crippen LogP contribution < -0.4 is 19.1 Å². The zero-order valence-corrected chi connectivity index (χ0v) is 19.2. The average Bonchev–Trinajstić information content (AvgIpc) is 2.81.